The predicted molar refractivity (Wildman–Crippen MR) is 58.8 cm³/mol. The van der Waals surface area contributed by atoms with Gasteiger partial charge in [0.15, 0.2) is 0 Å². The standard InChI is InChI=1S/C10H17NO4S/c1-15-9(12)10(11-8-2-3-8)4-6-16(13,14)7-5-10/h8,11H,2-7H2,1H3. The summed E-state index contributed by atoms with van der Waals surface area (Å²) in [4.78, 5) is 11.8. The molecule has 1 aliphatic heterocycles. The molecule has 1 N–H and O–H groups in total. The van der Waals surface area contributed by atoms with Gasteiger partial charge in [-0.05, 0) is 25.7 Å². The number of sulfone groups is 1. The summed E-state index contributed by atoms with van der Waals surface area (Å²) in [6.45, 7) is 0. The van der Waals surface area contributed by atoms with Crippen molar-refractivity contribution in [2.75, 3.05) is 18.6 Å². The zero-order valence-electron chi connectivity index (χ0n) is 9.36. The molecule has 5 nitrogen and oxygen atoms in total. The number of carbonyl (C=O) groups is 1. The van der Waals surface area contributed by atoms with Crippen molar-refractivity contribution in [3.05, 3.63) is 0 Å². The van der Waals surface area contributed by atoms with Gasteiger partial charge in [0.25, 0.3) is 0 Å². The first-order valence-corrected chi connectivity index (χ1v) is 7.36. The van der Waals surface area contributed by atoms with Crippen LogP contribution < -0.4 is 5.32 Å². The molecule has 0 atom stereocenters. The highest BCUT2D eigenvalue weighted by Gasteiger charge is 2.47. The average molecular weight is 247 g/mol. The molecule has 0 aromatic carbocycles. The van der Waals surface area contributed by atoms with E-state index in [1.807, 2.05) is 0 Å². The van der Waals surface area contributed by atoms with E-state index in [1.54, 1.807) is 0 Å². The Morgan fingerprint density at radius 1 is 1.31 bits per heavy atom. The second-order valence-electron chi connectivity index (χ2n) is 4.64. The van der Waals surface area contributed by atoms with Crippen LogP contribution in [0.2, 0.25) is 0 Å². The lowest BCUT2D eigenvalue weighted by Crippen LogP contribution is -2.57. The Labute approximate surface area is 95.5 Å². The SMILES string of the molecule is COC(=O)C1(NC2CC2)CCS(=O)(=O)CC1. The number of esters is 1. The minimum atomic E-state index is -2.96. The number of hydrogen-bond donors (Lipinski definition) is 1. The number of hydrogen-bond acceptors (Lipinski definition) is 5. The molecule has 0 radical (unpaired) electrons. The molecule has 0 spiro atoms. The summed E-state index contributed by atoms with van der Waals surface area (Å²) in [5.74, 6) is -0.182. The van der Waals surface area contributed by atoms with Crippen LogP contribution in [-0.2, 0) is 19.4 Å². The minimum Gasteiger partial charge on any atom is -0.468 e. The van der Waals surface area contributed by atoms with Gasteiger partial charge in [0, 0.05) is 6.04 Å². The summed E-state index contributed by atoms with van der Waals surface area (Å²) in [7, 11) is -1.61. The molecule has 0 bridgehead atoms. The molecule has 0 amide bonds. The van der Waals surface area contributed by atoms with Crippen LogP contribution in [0.4, 0.5) is 0 Å². The van der Waals surface area contributed by atoms with Crippen LogP contribution in [0.3, 0.4) is 0 Å². The Balaban J connectivity index is 2.12. The first kappa shape index (κ1) is 11.9. The molecule has 0 aromatic rings. The highest BCUT2D eigenvalue weighted by Crippen LogP contribution is 2.30. The fourth-order valence-corrected chi connectivity index (χ4v) is 3.63. The van der Waals surface area contributed by atoms with E-state index in [9.17, 15) is 13.2 Å². The monoisotopic (exact) mass is 247 g/mol. The van der Waals surface area contributed by atoms with E-state index in [1.165, 1.54) is 7.11 Å². The highest BCUT2D eigenvalue weighted by atomic mass is 32.2. The third-order valence-corrected chi connectivity index (χ3v) is 4.97. The Hall–Kier alpha value is -0.620. The van der Waals surface area contributed by atoms with Gasteiger partial charge in [-0.15, -0.1) is 0 Å². The maximum Gasteiger partial charge on any atom is 0.326 e. The summed E-state index contributed by atoms with van der Waals surface area (Å²) in [5, 5.41) is 3.26. The molecular weight excluding hydrogens is 230 g/mol. The molecule has 16 heavy (non-hydrogen) atoms. The molecule has 1 aliphatic carbocycles. The summed E-state index contributed by atoms with van der Waals surface area (Å²) in [5.41, 5.74) is -0.763. The molecular formula is C10H17NO4S. The quantitative estimate of drug-likeness (QED) is 0.703. The van der Waals surface area contributed by atoms with Crippen LogP contribution in [0.25, 0.3) is 0 Å². The van der Waals surface area contributed by atoms with Gasteiger partial charge in [-0.25, -0.2) is 8.42 Å². The van der Waals surface area contributed by atoms with Crippen molar-refractivity contribution in [3.63, 3.8) is 0 Å². The van der Waals surface area contributed by atoms with Crippen molar-refractivity contribution in [1.82, 2.24) is 5.32 Å². The Morgan fingerprint density at radius 2 is 1.88 bits per heavy atom. The van der Waals surface area contributed by atoms with Crippen LogP contribution >= 0.6 is 0 Å². The van der Waals surface area contributed by atoms with Crippen molar-refractivity contribution in [3.8, 4) is 0 Å². The van der Waals surface area contributed by atoms with Crippen molar-refractivity contribution < 1.29 is 17.9 Å². The van der Waals surface area contributed by atoms with E-state index in [0.29, 0.717) is 18.9 Å². The van der Waals surface area contributed by atoms with E-state index in [0.717, 1.165) is 12.8 Å². The van der Waals surface area contributed by atoms with Crippen molar-refractivity contribution in [2.45, 2.75) is 37.3 Å². The molecule has 1 saturated carbocycles. The molecule has 2 rings (SSSR count). The zero-order valence-corrected chi connectivity index (χ0v) is 10.2. The van der Waals surface area contributed by atoms with E-state index in [2.05, 4.69) is 5.32 Å². The fraction of sp³-hybridized carbons (Fsp3) is 0.900. The van der Waals surface area contributed by atoms with Gasteiger partial charge in [-0.3, -0.25) is 10.1 Å². The fourth-order valence-electron chi connectivity index (χ4n) is 2.11. The predicted octanol–water partition coefficient (Wildman–Crippen LogP) is -0.141. The Morgan fingerprint density at radius 3 is 2.31 bits per heavy atom. The van der Waals surface area contributed by atoms with Crippen molar-refractivity contribution in [1.29, 1.82) is 0 Å². The second-order valence-corrected chi connectivity index (χ2v) is 6.95. The molecule has 2 fully saturated rings. The van der Waals surface area contributed by atoms with Gasteiger partial charge in [0.05, 0.1) is 18.6 Å². The zero-order chi connectivity index (χ0) is 11.8. The molecule has 1 heterocycles. The van der Waals surface area contributed by atoms with E-state index < -0.39 is 15.4 Å². The third-order valence-electron chi connectivity index (χ3n) is 3.31. The lowest BCUT2D eigenvalue weighted by Gasteiger charge is -2.35. The van der Waals surface area contributed by atoms with Crippen LogP contribution in [0.15, 0.2) is 0 Å². The minimum absolute atomic E-state index is 0.0713. The first-order chi connectivity index (χ1) is 7.47. The summed E-state index contributed by atoms with van der Waals surface area (Å²) >= 11 is 0. The van der Waals surface area contributed by atoms with Gasteiger partial charge < -0.3 is 4.74 Å². The number of rotatable bonds is 3. The molecule has 1 saturated heterocycles. The summed E-state index contributed by atoms with van der Waals surface area (Å²) < 4.78 is 27.5. The third kappa shape index (κ3) is 2.38. The molecule has 92 valence electrons. The van der Waals surface area contributed by atoms with Gasteiger partial charge in [0.2, 0.25) is 0 Å². The van der Waals surface area contributed by atoms with Gasteiger partial charge in [0.1, 0.15) is 15.4 Å². The molecule has 0 aromatic heterocycles. The molecule has 6 heteroatoms. The highest BCUT2D eigenvalue weighted by molar-refractivity contribution is 7.91. The van der Waals surface area contributed by atoms with Gasteiger partial charge >= 0.3 is 5.97 Å². The topological polar surface area (TPSA) is 72.5 Å². The molecule has 2 aliphatic rings. The van der Waals surface area contributed by atoms with Crippen molar-refractivity contribution >= 4 is 15.8 Å². The second kappa shape index (κ2) is 4.00. The lowest BCUT2D eigenvalue weighted by atomic mass is 9.92. The number of carbonyl (C=O) groups excluding carboxylic acids is 1. The number of ether oxygens (including phenoxy) is 1. The first-order valence-electron chi connectivity index (χ1n) is 5.54. The maximum atomic E-state index is 11.8. The van der Waals surface area contributed by atoms with Crippen LogP contribution in [0.5, 0.6) is 0 Å². The summed E-state index contributed by atoms with van der Waals surface area (Å²) in [6, 6.07) is 0.361. The summed E-state index contributed by atoms with van der Waals surface area (Å²) in [6.07, 6.45) is 2.79. The van der Waals surface area contributed by atoms with Crippen LogP contribution in [-0.4, -0.2) is 44.6 Å². The van der Waals surface area contributed by atoms with E-state index in [4.69, 9.17) is 4.74 Å². The number of nitrogens with one attached hydrogen (secondary N) is 1. The normalized spacial score (nSPS) is 27.3. The Bertz CT molecular complexity index is 372. The van der Waals surface area contributed by atoms with Gasteiger partial charge in [-0.1, -0.05) is 0 Å². The molecule has 0 unspecified atom stereocenters. The number of methoxy groups -OCH3 is 1. The van der Waals surface area contributed by atoms with E-state index in [-0.39, 0.29) is 17.5 Å². The van der Waals surface area contributed by atoms with Crippen molar-refractivity contribution in [2.24, 2.45) is 0 Å². The average Bonchev–Trinajstić information content (AvgIpc) is 3.04. The lowest BCUT2D eigenvalue weighted by molar-refractivity contribution is -0.149. The van der Waals surface area contributed by atoms with Gasteiger partial charge in [-0.2, -0.15) is 0 Å². The van der Waals surface area contributed by atoms with E-state index >= 15 is 0 Å². The van der Waals surface area contributed by atoms with Crippen LogP contribution in [0, 0.1) is 0 Å². The smallest absolute Gasteiger partial charge is 0.326 e. The Kier molecular flexibility index (Phi) is 2.96. The largest absolute Gasteiger partial charge is 0.468 e. The van der Waals surface area contributed by atoms with Crippen LogP contribution in [0.1, 0.15) is 25.7 Å². The maximum absolute atomic E-state index is 11.8.